The summed E-state index contributed by atoms with van der Waals surface area (Å²) in [7, 11) is 4.27. The molecule has 1 saturated heterocycles. The zero-order chi connectivity index (χ0) is 13.2. The lowest BCUT2D eigenvalue weighted by atomic mass is 9.94. The zero-order valence-corrected chi connectivity index (χ0v) is 11.7. The lowest BCUT2D eigenvalue weighted by molar-refractivity contribution is -0.138. The number of carboxylic acids is 1. The predicted molar refractivity (Wildman–Crippen MR) is 71.6 cm³/mol. The first kappa shape index (κ1) is 13.8. The van der Waals surface area contributed by atoms with Gasteiger partial charge in [0.1, 0.15) is 0 Å². The monoisotopic (exact) mass is 254 g/mol. The molecule has 1 saturated carbocycles. The minimum Gasteiger partial charge on any atom is -0.481 e. The Morgan fingerprint density at radius 2 is 1.94 bits per heavy atom. The van der Waals surface area contributed by atoms with Crippen LogP contribution < -0.4 is 0 Å². The Morgan fingerprint density at radius 3 is 2.39 bits per heavy atom. The van der Waals surface area contributed by atoms with Crippen LogP contribution in [0.2, 0.25) is 0 Å². The van der Waals surface area contributed by atoms with Crippen LogP contribution in [0.3, 0.4) is 0 Å². The molecule has 0 bridgehead atoms. The second-order valence-electron chi connectivity index (χ2n) is 6.55. The van der Waals surface area contributed by atoms with Gasteiger partial charge in [-0.05, 0) is 64.2 Å². The van der Waals surface area contributed by atoms with Gasteiger partial charge in [-0.3, -0.25) is 4.79 Å². The summed E-state index contributed by atoms with van der Waals surface area (Å²) in [6.45, 7) is 4.50. The van der Waals surface area contributed by atoms with Crippen LogP contribution in [0, 0.1) is 11.3 Å². The van der Waals surface area contributed by atoms with E-state index in [0.29, 0.717) is 6.42 Å². The number of hydrogen-bond donors (Lipinski definition) is 1. The van der Waals surface area contributed by atoms with Gasteiger partial charge in [0.25, 0.3) is 0 Å². The fraction of sp³-hybridized carbons (Fsp3) is 0.929. The minimum absolute atomic E-state index is 0.125. The summed E-state index contributed by atoms with van der Waals surface area (Å²) in [6.07, 6.45) is 5.11. The molecule has 0 spiro atoms. The Morgan fingerprint density at radius 1 is 1.33 bits per heavy atom. The number of piperidine rings is 1. The van der Waals surface area contributed by atoms with Gasteiger partial charge in [-0.2, -0.15) is 0 Å². The molecule has 2 aliphatic rings. The summed E-state index contributed by atoms with van der Waals surface area (Å²) in [5.41, 5.74) is 0.125. The van der Waals surface area contributed by atoms with Crippen molar-refractivity contribution >= 4 is 5.97 Å². The molecule has 0 aromatic carbocycles. The summed E-state index contributed by atoms with van der Waals surface area (Å²) in [6, 6.07) is 0. The van der Waals surface area contributed by atoms with Gasteiger partial charge in [0.2, 0.25) is 0 Å². The van der Waals surface area contributed by atoms with Crippen molar-refractivity contribution < 1.29 is 9.90 Å². The van der Waals surface area contributed by atoms with E-state index in [1.54, 1.807) is 0 Å². The van der Waals surface area contributed by atoms with Gasteiger partial charge < -0.3 is 14.9 Å². The number of rotatable bonds is 6. The molecule has 0 amide bonds. The van der Waals surface area contributed by atoms with Crippen molar-refractivity contribution in [3.05, 3.63) is 0 Å². The highest BCUT2D eigenvalue weighted by atomic mass is 16.4. The molecule has 1 aliphatic carbocycles. The molecule has 1 aliphatic heterocycles. The van der Waals surface area contributed by atoms with Gasteiger partial charge in [0.15, 0.2) is 0 Å². The third-order valence-corrected chi connectivity index (χ3v) is 4.37. The number of carbonyl (C=O) groups is 1. The van der Waals surface area contributed by atoms with E-state index < -0.39 is 5.97 Å². The van der Waals surface area contributed by atoms with E-state index in [0.717, 1.165) is 38.4 Å². The standard InChI is InChI=1S/C14H26N2O2/c1-15(2)10-12-3-7-16(8-4-12)11-14(5-6-14)9-13(17)18/h12H,3-11H2,1-2H3,(H,17,18). The van der Waals surface area contributed by atoms with Crippen LogP contribution in [0.4, 0.5) is 0 Å². The van der Waals surface area contributed by atoms with Crippen molar-refractivity contribution in [2.75, 3.05) is 40.3 Å². The molecule has 0 aromatic heterocycles. The molecular weight excluding hydrogens is 228 g/mol. The molecule has 0 unspecified atom stereocenters. The quantitative estimate of drug-likeness (QED) is 0.780. The Balaban J connectivity index is 1.72. The van der Waals surface area contributed by atoms with E-state index in [1.165, 1.54) is 19.4 Å². The molecule has 1 heterocycles. The Bertz CT molecular complexity index is 292. The number of hydrogen-bond acceptors (Lipinski definition) is 3. The molecule has 0 aromatic rings. The zero-order valence-electron chi connectivity index (χ0n) is 11.7. The lowest BCUT2D eigenvalue weighted by Gasteiger charge is -2.35. The largest absolute Gasteiger partial charge is 0.481 e. The van der Waals surface area contributed by atoms with Gasteiger partial charge in [-0.25, -0.2) is 0 Å². The van der Waals surface area contributed by atoms with Crippen molar-refractivity contribution in [2.45, 2.75) is 32.1 Å². The van der Waals surface area contributed by atoms with Crippen LogP contribution in [0.1, 0.15) is 32.1 Å². The molecule has 2 fully saturated rings. The normalized spacial score (nSPS) is 24.4. The highest BCUT2D eigenvalue weighted by Gasteiger charge is 2.45. The highest BCUT2D eigenvalue weighted by molar-refractivity contribution is 5.68. The smallest absolute Gasteiger partial charge is 0.303 e. The number of aliphatic carboxylic acids is 1. The van der Waals surface area contributed by atoms with Crippen LogP contribution in [-0.2, 0) is 4.79 Å². The predicted octanol–water partition coefficient (Wildman–Crippen LogP) is 1.51. The van der Waals surface area contributed by atoms with E-state index in [1.807, 2.05) is 0 Å². The summed E-state index contributed by atoms with van der Waals surface area (Å²) in [5, 5.41) is 8.94. The van der Waals surface area contributed by atoms with E-state index in [2.05, 4.69) is 23.9 Å². The average Bonchev–Trinajstić information content (AvgIpc) is 2.99. The summed E-state index contributed by atoms with van der Waals surface area (Å²) in [4.78, 5) is 15.6. The average molecular weight is 254 g/mol. The van der Waals surface area contributed by atoms with Gasteiger partial charge in [0, 0.05) is 13.1 Å². The third kappa shape index (κ3) is 3.95. The van der Waals surface area contributed by atoms with E-state index in [4.69, 9.17) is 5.11 Å². The third-order valence-electron chi connectivity index (χ3n) is 4.37. The Kier molecular flexibility index (Phi) is 4.28. The van der Waals surface area contributed by atoms with Crippen molar-refractivity contribution in [2.24, 2.45) is 11.3 Å². The number of carboxylic acid groups (broad SMARTS) is 1. The van der Waals surface area contributed by atoms with Crippen LogP contribution in [0.25, 0.3) is 0 Å². The number of likely N-dealkylation sites (tertiary alicyclic amines) is 1. The van der Waals surface area contributed by atoms with Crippen LogP contribution >= 0.6 is 0 Å². The van der Waals surface area contributed by atoms with Crippen molar-refractivity contribution in [1.29, 1.82) is 0 Å². The van der Waals surface area contributed by atoms with Crippen LogP contribution in [0.15, 0.2) is 0 Å². The molecule has 0 atom stereocenters. The molecule has 0 radical (unpaired) electrons. The molecule has 18 heavy (non-hydrogen) atoms. The first-order valence-electron chi connectivity index (χ1n) is 7.08. The van der Waals surface area contributed by atoms with Gasteiger partial charge >= 0.3 is 5.97 Å². The molecule has 104 valence electrons. The van der Waals surface area contributed by atoms with Crippen molar-refractivity contribution in [3.63, 3.8) is 0 Å². The molecule has 1 N–H and O–H groups in total. The topological polar surface area (TPSA) is 43.8 Å². The van der Waals surface area contributed by atoms with Gasteiger partial charge in [-0.15, -0.1) is 0 Å². The minimum atomic E-state index is -0.630. The van der Waals surface area contributed by atoms with Crippen LogP contribution in [-0.4, -0.2) is 61.2 Å². The number of nitrogens with zero attached hydrogens (tertiary/aromatic N) is 2. The molecule has 4 nitrogen and oxygen atoms in total. The van der Waals surface area contributed by atoms with Crippen molar-refractivity contribution in [1.82, 2.24) is 9.80 Å². The first-order valence-corrected chi connectivity index (χ1v) is 7.08. The SMILES string of the molecule is CN(C)CC1CCN(CC2(CC(=O)O)CC2)CC1. The summed E-state index contributed by atoms with van der Waals surface area (Å²) in [5.74, 6) is 0.195. The van der Waals surface area contributed by atoms with Crippen molar-refractivity contribution in [3.8, 4) is 0 Å². The fourth-order valence-corrected chi connectivity index (χ4v) is 3.21. The lowest BCUT2D eigenvalue weighted by Crippen LogP contribution is -2.40. The van der Waals surface area contributed by atoms with E-state index in [9.17, 15) is 4.79 Å². The van der Waals surface area contributed by atoms with E-state index >= 15 is 0 Å². The maximum atomic E-state index is 10.8. The Hall–Kier alpha value is -0.610. The summed E-state index contributed by atoms with van der Waals surface area (Å²) < 4.78 is 0. The molecule has 4 heteroatoms. The van der Waals surface area contributed by atoms with Gasteiger partial charge in [-0.1, -0.05) is 0 Å². The molecular formula is C14H26N2O2. The maximum Gasteiger partial charge on any atom is 0.303 e. The summed E-state index contributed by atoms with van der Waals surface area (Å²) >= 11 is 0. The second kappa shape index (κ2) is 5.57. The second-order valence-corrected chi connectivity index (χ2v) is 6.55. The van der Waals surface area contributed by atoms with Gasteiger partial charge in [0.05, 0.1) is 6.42 Å². The van der Waals surface area contributed by atoms with E-state index in [-0.39, 0.29) is 5.41 Å². The highest BCUT2D eigenvalue weighted by Crippen LogP contribution is 2.49. The maximum absolute atomic E-state index is 10.8. The molecule has 2 rings (SSSR count). The fourth-order valence-electron chi connectivity index (χ4n) is 3.21. The first-order chi connectivity index (χ1) is 8.49. The van der Waals surface area contributed by atoms with Crippen LogP contribution in [0.5, 0.6) is 0 Å². The Labute approximate surface area is 110 Å².